The normalized spacial score (nSPS) is 11.9. The Morgan fingerprint density at radius 1 is 0.917 bits per heavy atom. The number of benzene rings is 3. The minimum Gasteiger partial charge on any atom is -0.493 e. The molecule has 0 amide bonds. The smallest absolute Gasteiger partial charge is 0.252 e. The number of nitrogens with zero attached hydrogens (tertiary/aromatic N) is 3. The maximum atomic E-state index is 13.9. The summed E-state index contributed by atoms with van der Waals surface area (Å²) in [4.78, 5) is 15.9. The summed E-state index contributed by atoms with van der Waals surface area (Å²) >= 11 is 0.953. The van der Waals surface area contributed by atoms with Crippen LogP contribution >= 0.6 is 11.7 Å². The molecule has 2 aromatic heterocycles. The number of hydrogen-bond acceptors (Lipinski definition) is 8. The van der Waals surface area contributed by atoms with Crippen molar-refractivity contribution in [3.63, 3.8) is 0 Å². The van der Waals surface area contributed by atoms with Crippen molar-refractivity contribution in [3.8, 4) is 11.5 Å². The number of methoxy groups -OCH3 is 2. The SMILES string of the molecule is COc1cc2cc(CN(Cc3ccccc3)S(=O)(=O)c3cccc4nsnc34)c(=O)[nH]c2cc1OC. The molecule has 0 atom stereocenters. The van der Waals surface area contributed by atoms with E-state index in [1.165, 1.54) is 24.6 Å². The van der Waals surface area contributed by atoms with Gasteiger partial charge >= 0.3 is 0 Å². The Labute approximate surface area is 211 Å². The molecule has 9 nitrogen and oxygen atoms in total. The van der Waals surface area contributed by atoms with Crippen LogP contribution in [0.4, 0.5) is 0 Å². The van der Waals surface area contributed by atoms with E-state index < -0.39 is 15.6 Å². The van der Waals surface area contributed by atoms with E-state index in [4.69, 9.17) is 9.47 Å². The molecule has 1 N–H and O–H groups in total. The van der Waals surface area contributed by atoms with E-state index in [1.807, 2.05) is 30.3 Å². The van der Waals surface area contributed by atoms with Crippen LogP contribution in [0.15, 0.2) is 76.4 Å². The van der Waals surface area contributed by atoms with E-state index in [1.54, 1.807) is 30.3 Å². The van der Waals surface area contributed by atoms with E-state index in [2.05, 4.69) is 13.7 Å². The average Bonchev–Trinajstić information content (AvgIpc) is 3.37. The summed E-state index contributed by atoms with van der Waals surface area (Å²) in [5.41, 5.74) is 2.05. The number of hydrogen-bond donors (Lipinski definition) is 1. The fourth-order valence-electron chi connectivity index (χ4n) is 4.03. The lowest BCUT2D eigenvalue weighted by molar-refractivity contribution is 0.355. The molecule has 0 aliphatic heterocycles. The van der Waals surface area contributed by atoms with Crippen LogP contribution < -0.4 is 15.0 Å². The standard InChI is InChI=1S/C25H22N4O5S2/c1-33-21-12-17-11-18(25(30)26-20(17)13-22(21)34-2)15-29(14-16-7-4-3-5-8-16)36(31,32)23-10-6-9-19-24(23)28-35-27-19/h3-13H,14-15H2,1-2H3,(H,26,30). The van der Waals surface area contributed by atoms with Gasteiger partial charge in [-0.15, -0.1) is 0 Å². The third-order valence-electron chi connectivity index (χ3n) is 5.84. The molecule has 0 saturated carbocycles. The summed E-state index contributed by atoms with van der Waals surface area (Å²) in [5.74, 6) is 0.978. The first-order chi connectivity index (χ1) is 17.4. The Bertz CT molecular complexity index is 1720. The van der Waals surface area contributed by atoms with Crippen molar-refractivity contribution in [3.05, 3.63) is 88.2 Å². The van der Waals surface area contributed by atoms with Gasteiger partial charge in [0.2, 0.25) is 10.0 Å². The summed E-state index contributed by atoms with van der Waals surface area (Å²) in [7, 11) is -1.01. The van der Waals surface area contributed by atoms with Gasteiger partial charge in [0.05, 0.1) is 31.5 Å². The third kappa shape index (κ3) is 4.43. The van der Waals surface area contributed by atoms with E-state index in [0.717, 1.165) is 17.3 Å². The predicted octanol–water partition coefficient (Wildman–Crippen LogP) is 3.94. The van der Waals surface area contributed by atoms with Crippen LogP contribution in [0, 0.1) is 0 Å². The summed E-state index contributed by atoms with van der Waals surface area (Å²) < 4.78 is 48.2. The van der Waals surface area contributed by atoms with Crippen LogP contribution in [-0.2, 0) is 23.1 Å². The monoisotopic (exact) mass is 522 g/mol. The van der Waals surface area contributed by atoms with Crippen molar-refractivity contribution in [2.24, 2.45) is 0 Å². The van der Waals surface area contributed by atoms with Crippen LogP contribution in [-0.4, -0.2) is 40.7 Å². The number of aromatic amines is 1. The van der Waals surface area contributed by atoms with Crippen molar-refractivity contribution in [2.45, 2.75) is 18.0 Å². The number of sulfonamides is 1. The Morgan fingerprint density at radius 3 is 2.42 bits per heavy atom. The Morgan fingerprint density at radius 2 is 1.67 bits per heavy atom. The number of fused-ring (bicyclic) bond motifs is 2. The molecule has 5 aromatic rings. The fourth-order valence-corrected chi connectivity index (χ4v) is 6.19. The highest BCUT2D eigenvalue weighted by Gasteiger charge is 2.29. The lowest BCUT2D eigenvalue weighted by Crippen LogP contribution is -2.32. The number of rotatable bonds is 8. The highest BCUT2D eigenvalue weighted by Crippen LogP contribution is 2.32. The minimum atomic E-state index is -4.05. The first kappa shape index (κ1) is 23.9. The Hall–Kier alpha value is -3.80. The molecule has 0 bridgehead atoms. The van der Waals surface area contributed by atoms with Crippen LogP contribution in [0.1, 0.15) is 11.1 Å². The van der Waals surface area contributed by atoms with E-state index in [-0.39, 0.29) is 23.5 Å². The molecular formula is C25H22N4O5S2. The van der Waals surface area contributed by atoms with Crippen LogP contribution in [0.5, 0.6) is 11.5 Å². The van der Waals surface area contributed by atoms with Gasteiger partial charge in [0.25, 0.3) is 5.56 Å². The number of H-pyrrole nitrogens is 1. The van der Waals surface area contributed by atoms with Gasteiger partial charge in [-0.1, -0.05) is 36.4 Å². The second kappa shape index (κ2) is 9.69. The molecule has 11 heteroatoms. The maximum absolute atomic E-state index is 13.9. The van der Waals surface area contributed by atoms with Crippen LogP contribution in [0.2, 0.25) is 0 Å². The molecule has 0 unspecified atom stereocenters. The minimum absolute atomic E-state index is 0.0494. The molecule has 2 heterocycles. The van der Waals surface area contributed by atoms with Crippen molar-refractivity contribution in [1.82, 2.24) is 18.0 Å². The van der Waals surface area contributed by atoms with E-state index in [9.17, 15) is 13.2 Å². The number of nitrogens with one attached hydrogen (secondary N) is 1. The lowest BCUT2D eigenvalue weighted by Gasteiger charge is -2.22. The van der Waals surface area contributed by atoms with Crippen molar-refractivity contribution in [1.29, 1.82) is 0 Å². The van der Waals surface area contributed by atoms with Gasteiger partial charge in [-0.2, -0.15) is 13.1 Å². The van der Waals surface area contributed by atoms with Crippen molar-refractivity contribution >= 4 is 43.7 Å². The van der Waals surface area contributed by atoms with Gasteiger partial charge in [-0.3, -0.25) is 4.79 Å². The number of aromatic nitrogens is 3. The summed E-state index contributed by atoms with van der Waals surface area (Å²) in [5, 5.41) is 0.685. The molecule has 3 aromatic carbocycles. The Balaban J connectivity index is 1.61. The number of pyridine rings is 1. The topological polar surface area (TPSA) is 114 Å². The van der Waals surface area contributed by atoms with Gasteiger partial charge in [0, 0.05) is 30.1 Å². The number of ether oxygens (including phenoxy) is 2. The quantitative estimate of drug-likeness (QED) is 0.328. The van der Waals surface area contributed by atoms with Crippen LogP contribution in [0.3, 0.4) is 0 Å². The molecule has 0 spiro atoms. The van der Waals surface area contributed by atoms with Crippen molar-refractivity contribution < 1.29 is 17.9 Å². The molecular weight excluding hydrogens is 500 g/mol. The van der Waals surface area contributed by atoms with Crippen LogP contribution in [0.25, 0.3) is 21.9 Å². The van der Waals surface area contributed by atoms with Crippen molar-refractivity contribution in [2.75, 3.05) is 14.2 Å². The average molecular weight is 523 g/mol. The lowest BCUT2D eigenvalue weighted by atomic mass is 10.1. The predicted molar refractivity (Wildman–Crippen MR) is 138 cm³/mol. The zero-order chi connectivity index (χ0) is 25.3. The third-order valence-corrected chi connectivity index (χ3v) is 8.21. The Kier molecular flexibility index (Phi) is 6.44. The summed E-state index contributed by atoms with van der Waals surface area (Å²) in [6, 6.07) is 19.2. The second-order valence-electron chi connectivity index (χ2n) is 8.06. The first-order valence-corrected chi connectivity index (χ1v) is 13.1. The highest BCUT2D eigenvalue weighted by molar-refractivity contribution is 7.89. The summed E-state index contributed by atoms with van der Waals surface area (Å²) in [6.07, 6.45) is 0. The zero-order valence-corrected chi connectivity index (χ0v) is 21.1. The van der Waals surface area contributed by atoms with Gasteiger partial charge < -0.3 is 14.5 Å². The maximum Gasteiger partial charge on any atom is 0.252 e. The molecule has 0 radical (unpaired) electrons. The largest absolute Gasteiger partial charge is 0.493 e. The van der Waals surface area contributed by atoms with Gasteiger partial charge in [-0.25, -0.2) is 8.42 Å². The van der Waals surface area contributed by atoms with Gasteiger partial charge in [0.15, 0.2) is 11.5 Å². The van der Waals surface area contributed by atoms with E-state index >= 15 is 0 Å². The summed E-state index contributed by atoms with van der Waals surface area (Å²) in [6.45, 7) is -0.0780. The molecule has 0 aliphatic carbocycles. The van der Waals surface area contributed by atoms with Gasteiger partial charge in [-0.05, 0) is 29.8 Å². The molecule has 184 valence electrons. The highest BCUT2D eigenvalue weighted by atomic mass is 32.2. The van der Waals surface area contributed by atoms with E-state index in [0.29, 0.717) is 33.4 Å². The zero-order valence-electron chi connectivity index (χ0n) is 19.5. The molecule has 0 saturated heterocycles. The molecule has 0 fully saturated rings. The van der Waals surface area contributed by atoms with Gasteiger partial charge in [0.1, 0.15) is 15.9 Å². The second-order valence-corrected chi connectivity index (χ2v) is 10.5. The molecule has 0 aliphatic rings. The molecule has 5 rings (SSSR count). The first-order valence-electron chi connectivity index (χ1n) is 10.9. The molecule has 36 heavy (non-hydrogen) atoms. The fraction of sp³-hybridized carbons (Fsp3) is 0.160.